The van der Waals surface area contributed by atoms with E-state index in [0.717, 1.165) is 35.2 Å². The van der Waals surface area contributed by atoms with Gasteiger partial charge in [-0.05, 0) is 36.4 Å². The molecule has 0 aliphatic carbocycles. The molecule has 0 N–H and O–H groups in total. The zero-order chi connectivity index (χ0) is 18.1. The minimum absolute atomic E-state index is 0.0766. The number of hydrogen-bond donors (Lipinski definition) is 0. The fraction of sp³-hybridized carbons (Fsp3) is 0.188. The summed E-state index contributed by atoms with van der Waals surface area (Å²) in [7, 11) is 1.19. The van der Waals surface area contributed by atoms with Crippen molar-refractivity contribution < 1.29 is 31.1 Å². The third kappa shape index (κ3) is 3.87. The Labute approximate surface area is 133 Å². The van der Waals surface area contributed by atoms with Gasteiger partial charge in [-0.1, -0.05) is 12.1 Å². The average Bonchev–Trinajstić information content (AvgIpc) is 2.52. The maximum atomic E-state index is 12.7. The first-order chi connectivity index (χ1) is 11.0. The summed E-state index contributed by atoms with van der Waals surface area (Å²) in [5.41, 5.74) is -2.31. The Morgan fingerprint density at radius 2 is 1.33 bits per heavy atom. The summed E-state index contributed by atoms with van der Waals surface area (Å²) in [5, 5.41) is 0. The lowest BCUT2D eigenvalue weighted by atomic mass is 10.1. The molecule has 8 heteroatoms. The summed E-state index contributed by atoms with van der Waals surface area (Å²) in [6, 6.07) is 7.68. The van der Waals surface area contributed by atoms with Crippen molar-refractivity contribution in [1.82, 2.24) is 0 Å². The van der Waals surface area contributed by atoms with E-state index in [-0.39, 0.29) is 11.3 Å². The fourth-order valence-electron chi connectivity index (χ4n) is 2.03. The summed E-state index contributed by atoms with van der Waals surface area (Å²) in [5.74, 6) is -0.847. The minimum Gasteiger partial charge on any atom is -0.311 e. The van der Waals surface area contributed by atoms with E-state index in [4.69, 9.17) is 0 Å². The predicted octanol–water partition coefficient (Wildman–Crippen LogP) is 5.00. The first-order valence-electron chi connectivity index (χ1n) is 6.63. The van der Waals surface area contributed by atoms with Gasteiger partial charge in [-0.3, -0.25) is 4.79 Å². The van der Waals surface area contributed by atoms with Gasteiger partial charge in [0, 0.05) is 18.3 Å². The highest BCUT2D eigenvalue weighted by Gasteiger charge is 2.32. The van der Waals surface area contributed by atoms with E-state index in [1.54, 1.807) is 0 Å². The van der Waals surface area contributed by atoms with Crippen molar-refractivity contribution in [3.05, 3.63) is 65.2 Å². The molecule has 0 atom stereocenters. The molecule has 0 fully saturated rings. The highest BCUT2D eigenvalue weighted by atomic mass is 19.4. The van der Waals surface area contributed by atoms with Gasteiger partial charge in [0.1, 0.15) is 0 Å². The number of nitrogens with zero attached hydrogens (tertiary/aromatic N) is 1. The number of alkyl halides is 6. The molecule has 0 saturated carbocycles. The molecule has 0 aromatic heterocycles. The lowest BCUT2D eigenvalue weighted by Gasteiger charge is -2.19. The molecule has 2 aromatic carbocycles. The number of anilines is 1. The molecule has 0 saturated heterocycles. The van der Waals surface area contributed by atoms with Crippen LogP contribution in [-0.4, -0.2) is 13.0 Å². The highest BCUT2D eigenvalue weighted by Crippen LogP contribution is 2.32. The molecule has 0 bridgehead atoms. The monoisotopic (exact) mass is 347 g/mol. The maximum Gasteiger partial charge on any atom is 0.416 e. The summed E-state index contributed by atoms with van der Waals surface area (Å²) < 4.78 is 76.2. The molecule has 0 radical (unpaired) electrons. The van der Waals surface area contributed by atoms with E-state index in [9.17, 15) is 31.1 Å². The Morgan fingerprint density at radius 3 is 1.88 bits per heavy atom. The quantitative estimate of drug-likeness (QED) is 0.700. The number of carbonyl (C=O) groups excluding carboxylic acids is 1. The lowest BCUT2D eigenvalue weighted by Crippen LogP contribution is -2.27. The van der Waals surface area contributed by atoms with E-state index < -0.39 is 29.4 Å². The fourth-order valence-corrected chi connectivity index (χ4v) is 2.03. The van der Waals surface area contributed by atoms with Crippen LogP contribution in [0.1, 0.15) is 21.5 Å². The van der Waals surface area contributed by atoms with E-state index >= 15 is 0 Å². The van der Waals surface area contributed by atoms with Crippen molar-refractivity contribution in [3.63, 3.8) is 0 Å². The maximum absolute atomic E-state index is 12.7. The van der Waals surface area contributed by atoms with Gasteiger partial charge in [0.25, 0.3) is 5.91 Å². The molecule has 128 valence electrons. The molecule has 0 unspecified atom stereocenters. The van der Waals surface area contributed by atoms with Crippen molar-refractivity contribution in [3.8, 4) is 0 Å². The third-order valence-electron chi connectivity index (χ3n) is 3.30. The van der Waals surface area contributed by atoms with Crippen molar-refractivity contribution in [1.29, 1.82) is 0 Å². The summed E-state index contributed by atoms with van der Waals surface area (Å²) in [6.07, 6.45) is -9.21. The molecule has 1 amide bonds. The average molecular weight is 347 g/mol. The first kappa shape index (κ1) is 17.8. The van der Waals surface area contributed by atoms with Crippen LogP contribution in [0.4, 0.5) is 32.0 Å². The van der Waals surface area contributed by atoms with Crippen LogP contribution < -0.4 is 4.90 Å². The minimum atomic E-state index is -4.62. The van der Waals surface area contributed by atoms with Gasteiger partial charge in [0.2, 0.25) is 0 Å². The first-order valence-corrected chi connectivity index (χ1v) is 6.63. The van der Waals surface area contributed by atoms with Crippen LogP contribution in [0.25, 0.3) is 0 Å². The summed E-state index contributed by atoms with van der Waals surface area (Å²) in [6.45, 7) is 0. The van der Waals surface area contributed by atoms with Crippen LogP contribution in [0.5, 0.6) is 0 Å². The summed E-state index contributed by atoms with van der Waals surface area (Å²) >= 11 is 0. The molecule has 0 spiro atoms. The van der Waals surface area contributed by atoms with Crippen molar-refractivity contribution in [2.75, 3.05) is 11.9 Å². The van der Waals surface area contributed by atoms with Gasteiger partial charge in [-0.25, -0.2) is 0 Å². The topological polar surface area (TPSA) is 20.3 Å². The normalized spacial score (nSPS) is 12.1. The predicted molar refractivity (Wildman–Crippen MR) is 75.6 cm³/mol. The third-order valence-corrected chi connectivity index (χ3v) is 3.30. The van der Waals surface area contributed by atoms with Crippen molar-refractivity contribution in [2.24, 2.45) is 0 Å². The van der Waals surface area contributed by atoms with Crippen LogP contribution in [0, 0.1) is 0 Å². The standard InChI is InChI=1S/C16H11F6NO/c1-23(13-7-3-6-12(9-13)16(20,21)22)14(24)10-4-2-5-11(8-10)15(17,18)19/h2-9H,1H3. The molecule has 0 aliphatic heterocycles. The van der Waals surface area contributed by atoms with Crippen molar-refractivity contribution >= 4 is 11.6 Å². The second-order valence-corrected chi connectivity index (χ2v) is 4.99. The van der Waals surface area contributed by atoms with Crippen LogP contribution in [0.2, 0.25) is 0 Å². The Bertz CT molecular complexity index is 751. The highest BCUT2D eigenvalue weighted by molar-refractivity contribution is 6.05. The van der Waals surface area contributed by atoms with Gasteiger partial charge < -0.3 is 4.90 Å². The van der Waals surface area contributed by atoms with E-state index in [2.05, 4.69) is 0 Å². The molecular formula is C16H11F6NO. The number of amides is 1. The van der Waals surface area contributed by atoms with Gasteiger partial charge in [-0.2, -0.15) is 26.3 Å². The zero-order valence-electron chi connectivity index (χ0n) is 12.2. The van der Waals surface area contributed by atoms with Crippen molar-refractivity contribution in [2.45, 2.75) is 12.4 Å². The zero-order valence-corrected chi connectivity index (χ0v) is 12.2. The lowest BCUT2D eigenvalue weighted by molar-refractivity contribution is -0.138. The summed E-state index contributed by atoms with van der Waals surface area (Å²) in [4.78, 5) is 13.1. The Morgan fingerprint density at radius 1 is 0.833 bits per heavy atom. The Hall–Kier alpha value is -2.51. The van der Waals surface area contributed by atoms with Gasteiger partial charge in [0.05, 0.1) is 11.1 Å². The van der Waals surface area contributed by atoms with E-state index in [1.165, 1.54) is 19.2 Å². The molecule has 2 nitrogen and oxygen atoms in total. The van der Waals surface area contributed by atoms with E-state index in [0.29, 0.717) is 6.07 Å². The van der Waals surface area contributed by atoms with Crippen LogP contribution in [0.3, 0.4) is 0 Å². The smallest absolute Gasteiger partial charge is 0.311 e. The molecule has 2 rings (SSSR count). The van der Waals surface area contributed by atoms with E-state index in [1.807, 2.05) is 0 Å². The molecule has 24 heavy (non-hydrogen) atoms. The largest absolute Gasteiger partial charge is 0.416 e. The molecule has 0 heterocycles. The Balaban J connectivity index is 2.34. The molecular weight excluding hydrogens is 336 g/mol. The second kappa shape index (κ2) is 6.18. The van der Waals surface area contributed by atoms with Crippen LogP contribution >= 0.6 is 0 Å². The van der Waals surface area contributed by atoms with Crippen LogP contribution in [0.15, 0.2) is 48.5 Å². The number of benzene rings is 2. The number of carbonyl (C=O) groups is 1. The van der Waals surface area contributed by atoms with Gasteiger partial charge in [0.15, 0.2) is 0 Å². The Kier molecular flexibility index (Phi) is 4.59. The second-order valence-electron chi connectivity index (χ2n) is 4.99. The van der Waals surface area contributed by atoms with Crippen LogP contribution in [-0.2, 0) is 12.4 Å². The number of hydrogen-bond acceptors (Lipinski definition) is 1. The van der Waals surface area contributed by atoms with Gasteiger partial charge in [-0.15, -0.1) is 0 Å². The number of halogens is 6. The number of rotatable bonds is 2. The van der Waals surface area contributed by atoms with Gasteiger partial charge >= 0.3 is 12.4 Å². The SMILES string of the molecule is CN(C(=O)c1cccc(C(F)(F)F)c1)c1cccc(C(F)(F)F)c1. The molecule has 2 aromatic rings. The molecule has 0 aliphatic rings.